The van der Waals surface area contributed by atoms with Crippen molar-refractivity contribution >= 4 is 5.82 Å². The molecule has 0 fully saturated rings. The van der Waals surface area contributed by atoms with Crippen molar-refractivity contribution < 1.29 is 9.84 Å². The smallest absolute Gasteiger partial charge is 0.132 e. The van der Waals surface area contributed by atoms with E-state index >= 15 is 0 Å². The predicted octanol–water partition coefficient (Wildman–Crippen LogP) is 2.49. The summed E-state index contributed by atoms with van der Waals surface area (Å²) in [4.78, 5) is 10.9. The third-order valence-electron chi connectivity index (χ3n) is 3.88. The molecular weight excluding hydrogens is 278 g/mol. The number of fused-ring (bicyclic) bond motifs is 1. The van der Waals surface area contributed by atoms with Gasteiger partial charge in [0, 0.05) is 23.9 Å². The zero-order valence-corrected chi connectivity index (χ0v) is 13.0. The molecule has 1 N–H and O–H groups in total. The van der Waals surface area contributed by atoms with Crippen LogP contribution in [0.2, 0.25) is 0 Å². The van der Waals surface area contributed by atoms with Crippen molar-refractivity contribution in [3.63, 3.8) is 0 Å². The van der Waals surface area contributed by atoms with Gasteiger partial charge >= 0.3 is 0 Å². The van der Waals surface area contributed by atoms with Gasteiger partial charge in [0.15, 0.2) is 0 Å². The van der Waals surface area contributed by atoms with Gasteiger partial charge in [0.2, 0.25) is 0 Å². The summed E-state index contributed by atoms with van der Waals surface area (Å²) >= 11 is 0. The van der Waals surface area contributed by atoms with Crippen LogP contribution in [0.4, 0.5) is 5.82 Å². The Labute approximate surface area is 130 Å². The zero-order valence-electron chi connectivity index (χ0n) is 13.0. The average molecular weight is 299 g/mol. The number of rotatable bonds is 3. The number of aromatic nitrogens is 2. The van der Waals surface area contributed by atoms with Crippen LogP contribution in [0.15, 0.2) is 30.6 Å². The predicted molar refractivity (Wildman–Crippen MR) is 85.0 cm³/mol. The van der Waals surface area contributed by atoms with Crippen molar-refractivity contribution in [2.75, 3.05) is 18.1 Å². The lowest BCUT2D eigenvalue weighted by Crippen LogP contribution is -2.26. The fourth-order valence-electron chi connectivity index (χ4n) is 2.59. The number of hydrogen-bond acceptors (Lipinski definition) is 5. The Morgan fingerprint density at radius 1 is 1.27 bits per heavy atom. The molecule has 1 aromatic carbocycles. The third kappa shape index (κ3) is 3.04. The summed E-state index contributed by atoms with van der Waals surface area (Å²) in [5, 5.41) is 9.31. The van der Waals surface area contributed by atoms with Gasteiger partial charge in [-0.2, -0.15) is 0 Å². The molecule has 0 bridgehead atoms. The Balaban J connectivity index is 1.90. The first-order valence-electron chi connectivity index (χ1n) is 7.59. The summed E-state index contributed by atoms with van der Waals surface area (Å²) in [6.45, 7) is 6.40. The minimum atomic E-state index is 0.0400. The molecule has 2 aromatic rings. The topological polar surface area (TPSA) is 58.5 Å². The van der Waals surface area contributed by atoms with Gasteiger partial charge in [-0.05, 0) is 23.6 Å². The lowest BCUT2D eigenvalue weighted by Gasteiger charge is -2.21. The van der Waals surface area contributed by atoms with Crippen LogP contribution >= 0.6 is 0 Å². The van der Waals surface area contributed by atoms with Crippen LogP contribution < -0.4 is 9.64 Å². The molecule has 0 atom stereocenters. The van der Waals surface area contributed by atoms with Crippen molar-refractivity contribution in [2.45, 2.75) is 32.9 Å². The molecule has 0 saturated carbocycles. The average Bonchev–Trinajstić information content (AvgIpc) is 2.76. The van der Waals surface area contributed by atoms with E-state index in [2.05, 4.69) is 28.7 Å². The Bertz CT molecular complexity index is 658. The lowest BCUT2D eigenvalue weighted by molar-refractivity contribution is 0.281. The molecule has 0 aliphatic carbocycles. The summed E-state index contributed by atoms with van der Waals surface area (Å²) in [7, 11) is 0. The minimum Gasteiger partial charge on any atom is -0.491 e. The Morgan fingerprint density at radius 2 is 2.14 bits per heavy atom. The summed E-state index contributed by atoms with van der Waals surface area (Å²) < 4.78 is 5.81. The van der Waals surface area contributed by atoms with Gasteiger partial charge in [0.1, 0.15) is 24.5 Å². The first kappa shape index (κ1) is 14.8. The first-order valence-corrected chi connectivity index (χ1v) is 7.59. The van der Waals surface area contributed by atoms with Crippen molar-refractivity contribution in [3.8, 4) is 5.75 Å². The molecule has 5 nitrogen and oxygen atoms in total. The highest BCUT2D eigenvalue weighted by molar-refractivity contribution is 5.45. The number of benzene rings is 1. The largest absolute Gasteiger partial charge is 0.491 e. The van der Waals surface area contributed by atoms with Crippen molar-refractivity contribution in [2.24, 2.45) is 0 Å². The van der Waals surface area contributed by atoms with Gasteiger partial charge in [0.25, 0.3) is 0 Å². The maximum atomic E-state index is 9.31. The standard InChI is InChI=1S/C17H21N3O2/c1-12(2)15-8-17(19-11-18-15)20-5-6-22-16-4-3-13(10-21)7-14(16)9-20/h3-4,7-8,11-12,21H,5-6,9-10H2,1-2H3. The molecule has 0 amide bonds. The van der Waals surface area contributed by atoms with Gasteiger partial charge < -0.3 is 14.7 Å². The quantitative estimate of drug-likeness (QED) is 0.943. The summed E-state index contributed by atoms with van der Waals surface area (Å²) in [6.07, 6.45) is 1.63. The summed E-state index contributed by atoms with van der Waals surface area (Å²) in [5.41, 5.74) is 3.02. The first-order chi connectivity index (χ1) is 10.7. The fourth-order valence-corrected chi connectivity index (χ4v) is 2.59. The van der Waals surface area contributed by atoms with Crippen LogP contribution in [-0.4, -0.2) is 28.2 Å². The van der Waals surface area contributed by atoms with Crippen molar-refractivity contribution in [1.82, 2.24) is 9.97 Å². The number of anilines is 1. The van der Waals surface area contributed by atoms with E-state index in [0.717, 1.165) is 41.5 Å². The Hall–Kier alpha value is -2.14. The normalized spacial score (nSPS) is 14.5. The molecular formula is C17H21N3O2. The van der Waals surface area contributed by atoms with Crippen LogP contribution in [0.1, 0.15) is 36.6 Å². The molecule has 5 heteroatoms. The van der Waals surface area contributed by atoms with E-state index in [1.54, 1.807) is 6.33 Å². The second kappa shape index (κ2) is 6.32. The molecule has 116 valence electrons. The van der Waals surface area contributed by atoms with E-state index in [0.29, 0.717) is 12.5 Å². The minimum absolute atomic E-state index is 0.0400. The van der Waals surface area contributed by atoms with E-state index in [1.165, 1.54) is 0 Å². The Kier molecular flexibility index (Phi) is 4.24. The second-order valence-electron chi connectivity index (χ2n) is 5.83. The molecule has 0 saturated heterocycles. The molecule has 1 aliphatic rings. The van der Waals surface area contributed by atoms with Crippen LogP contribution in [-0.2, 0) is 13.2 Å². The van der Waals surface area contributed by atoms with Crippen LogP contribution in [0.5, 0.6) is 5.75 Å². The van der Waals surface area contributed by atoms with E-state index in [4.69, 9.17) is 4.74 Å². The summed E-state index contributed by atoms with van der Waals surface area (Å²) in [6, 6.07) is 7.88. The van der Waals surface area contributed by atoms with Crippen molar-refractivity contribution in [3.05, 3.63) is 47.4 Å². The van der Waals surface area contributed by atoms with Crippen molar-refractivity contribution in [1.29, 1.82) is 0 Å². The van der Waals surface area contributed by atoms with Gasteiger partial charge in [-0.1, -0.05) is 19.9 Å². The van der Waals surface area contributed by atoms with E-state index < -0.39 is 0 Å². The van der Waals surface area contributed by atoms with Gasteiger partial charge in [-0.25, -0.2) is 9.97 Å². The highest BCUT2D eigenvalue weighted by Gasteiger charge is 2.18. The van der Waals surface area contributed by atoms with Gasteiger partial charge in [-0.15, -0.1) is 0 Å². The van der Waals surface area contributed by atoms with E-state index in [1.807, 2.05) is 24.3 Å². The van der Waals surface area contributed by atoms with E-state index in [9.17, 15) is 5.11 Å². The maximum absolute atomic E-state index is 9.31. The molecule has 3 rings (SSSR count). The highest BCUT2D eigenvalue weighted by atomic mass is 16.5. The SMILES string of the molecule is CC(C)c1cc(N2CCOc3ccc(CO)cc3C2)ncn1. The lowest BCUT2D eigenvalue weighted by atomic mass is 10.1. The second-order valence-corrected chi connectivity index (χ2v) is 5.83. The number of ether oxygens (including phenoxy) is 1. The number of hydrogen-bond donors (Lipinski definition) is 1. The molecule has 0 radical (unpaired) electrons. The monoisotopic (exact) mass is 299 g/mol. The molecule has 22 heavy (non-hydrogen) atoms. The zero-order chi connectivity index (χ0) is 15.5. The molecule has 0 unspecified atom stereocenters. The highest BCUT2D eigenvalue weighted by Crippen LogP contribution is 2.27. The van der Waals surface area contributed by atoms with Gasteiger partial charge in [-0.3, -0.25) is 0 Å². The number of nitrogens with zero attached hydrogens (tertiary/aromatic N) is 3. The maximum Gasteiger partial charge on any atom is 0.132 e. The van der Waals surface area contributed by atoms with E-state index in [-0.39, 0.29) is 6.61 Å². The molecule has 1 aromatic heterocycles. The van der Waals surface area contributed by atoms with Crippen LogP contribution in [0, 0.1) is 0 Å². The summed E-state index contributed by atoms with van der Waals surface area (Å²) in [5.74, 6) is 2.18. The number of aliphatic hydroxyl groups excluding tert-OH is 1. The van der Waals surface area contributed by atoms with Crippen LogP contribution in [0.3, 0.4) is 0 Å². The van der Waals surface area contributed by atoms with Crippen LogP contribution in [0.25, 0.3) is 0 Å². The molecule has 0 spiro atoms. The van der Waals surface area contributed by atoms with Gasteiger partial charge in [0.05, 0.1) is 13.2 Å². The third-order valence-corrected chi connectivity index (χ3v) is 3.88. The fraction of sp³-hybridized carbons (Fsp3) is 0.412. The molecule has 1 aliphatic heterocycles. The Morgan fingerprint density at radius 3 is 2.91 bits per heavy atom. The number of aliphatic hydroxyl groups is 1. The molecule has 2 heterocycles.